The molecule has 2 rings (SSSR count). The lowest BCUT2D eigenvalue weighted by atomic mass is 9.87. The zero-order valence-corrected chi connectivity index (χ0v) is 11.4. The van der Waals surface area contributed by atoms with Crippen LogP contribution in [0, 0.1) is 5.92 Å². The van der Waals surface area contributed by atoms with Crippen LogP contribution in [0.15, 0.2) is 23.4 Å². The molecule has 1 aliphatic rings. The van der Waals surface area contributed by atoms with Gasteiger partial charge in [-0.05, 0) is 43.7 Å². The second-order valence-corrected chi connectivity index (χ2v) is 6.12. The Hall–Kier alpha value is -1.03. The van der Waals surface area contributed by atoms with Crippen LogP contribution in [0.3, 0.4) is 0 Å². The van der Waals surface area contributed by atoms with E-state index in [2.05, 4.69) is 11.9 Å². The second-order valence-electron chi connectivity index (χ2n) is 4.83. The summed E-state index contributed by atoms with van der Waals surface area (Å²) in [6, 6.07) is 3.32. The van der Waals surface area contributed by atoms with E-state index < -0.39 is 5.97 Å². The van der Waals surface area contributed by atoms with Gasteiger partial charge in [0, 0.05) is 11.4 Å². The van der Waals surface area contributed by atoms with Gasteiger partial charge in [0.15, 0.2) is 0 Å². The Morgan fingerprint density at radius 2 is 2.17 bits per heavy atom. The summed E-state index contributed by atoms with van der Waals surface area (Å²) >= 11 is 1.64. The molecular weight excluding hydrogens is 246 g/mol. The van der Waals surface area contributed by atoms with Crippen LogP contribution in [0.2, 0.25) is 0 Å². The van der Waals surface area contributed by atoms with E-state index in [0.29, 0.717) is 15.8 Å². The first kappa shape index (κ1) is 13.4. The van der Waals surface area contributed by atoms with E-state index in [1.54, 1.807) is 30.1 Å². The fourth-order valence-electron chi connectivity index (χ4n) is 2.46. The normalized spacial score (nSPS) is 23.8. The molecule has 0 unspecified atom stereocenters. The zero-order valence-electron chi connectivity index (χ0n) is 10.6. The topological polar surface area (TPSA) is 50.2 Å². The number of rotatable bonds is 4. The van der Waals surface area contributed by atoms with Gasteiger partial charge in [0.1, 0.15) is 5.03 Å². The molecule has 0 radical (unpaired) electrons. The average molecular weight is 265 g/mol. The van der Waals surface area contributed by atoms with E-state index >= 15 is 0 Å². The quantitative estimate of drug-likeness (QED) is 0.898. The van der Waals surface area contributed by atoms with Crippen molar-refractivity contribution in [3.05, 3.63) is 23.9 Å². The van der Waals surface area contributed by atoms with Crippen LogP contribution in [-0.4, -0.2) is 21.3 Å². The lowest BCUT2D eigenvalue weighted by Gasteiger charge is -2.27. The second kappa shape index (κ2) is 6.23. The Balaban J connectivity index is 2.00. The van der Waals surface area contributed by atoms with Crippen molar-refractivity contribution in [2.24, 2.45) is 5.92 Å². The maximum atomic E-state index is 11.1. The summed E-state index contributed by atoms with van der Waals surface area (Å²) in [5, 5.41) is 10.3. The molecule has 98 valence electrons. The first-order valence-electron chi connectivity index (χ1n) is 6.55. The van der Waals surface area contributed by atoms with Crippen molar-refractivity contribution < 1.29 is 9.90 Å². The number of nitrogens with zero attached hydrogens (tertiary/aromatic N) is 1. The summed E-state index contributed by atoms with van der Waals surface area (Å²) in [7, 11) is 0. The number of carboxylic acids is 1. The van der Waals surface area contributed by atoms with Crippen LogP contribution in [-0.2, 0) is 0 Å². The van der Waals surface area contributed by atoms with Crippen molar-refractivity contribution in [3.8, 4) is 0 Å². The number of carbonyl (C=O) groups is 1. The third-order valence-electron chi connectivity index (χ3n) is 3.65. The predicted molar refractivity (Wildman–Crippen MR) is 73.1 cm³/mol. The van der Waals surface area contributed by atoms with Gasteiger partial charge in [0.05, 0.1) is 5.56 Å². The maximum Gasteiger partial charge on any atom is 0.338 e. The lowest BCUT2D eigenvalue weighted by Crippen LogP contribution is -2.16. The smallest absolute Gasteiger partial charge is 0.338 e. The molecule has 1 fully saturated rings. The molecule has 0 atom stereocenters. The summed E-state index contributed by atoms with van der Waals surface area (Å²) in [4.78, 5) is 15.3. The highest BCUT2D eigenvalue weighted by atomic mass is 32.2. The van der Waals surface area contributed by atoms with Crippen LogP contribution in [0.4, 0.5) is 0 Å². The Bertz CT molecular complexity index is 414. The number of hydrogen-bond donors (Lipinski definition) is 1. The van der Waals surface area contributed by atoms with Crippen LogP contribution >= 0.6 is 11.8 Å². The summed E-state index contributed by atoms with van der Waals surface area (Å²) in [5.41, 5.74) is 0.333. The Labute approximate surface area is 112 Å². The van der Waals surface area contributed by atoms with Crippen molar-refractivity contribution in [2.75, 3.05) is 0 Å². The van der Waals surface area contributed by atoms with Gasteiger partial charge in [-0.15, -0.1) is 11.8 Å². The van der Waals surface area contributed by atoms with E-state index in [0.717, 1.165) is 5.92 Å². The van der Waals surface area contributed by atoms with Gasteiger partial charge in [0.2, 0.25) is 0 Å². The number of aromatic carboxylic acids is 1. The first-order chi connectivity index (χ1) is 8.70. The molecule has 1 aromatic rings. The van der Waals surface area contributed by atoms with Gasteiger partial charge in [-0.3, -0.25) is 0 Å². The minimum absolute atomic E-state index is 0.333. The SMILES string of the molecule is CCC1CCC(Sc2ncccc2C(=O)O)CC1. The Kier molecular flexibility index (Phi) is 4.64. The molecule has 1 N–H and O–H groups in total. The molecule has 1 heterocycles. The van der Waals surface area contributed by atoms with Gasteiger partial charge < -0.3 is 5.11 Å². The molecule has 0 aromatic carbocycles. The maximum absolute atomic E-state index is 11.1. The minimum Gasteiger partial charge on any atom is -0.478 e. The van der Waals surface area contributed by atoms with Crippen LogP contribution < -0.4 is 0 Å². The fourth-order valence-corrected chi connectivity index (χ4v) is 3.69. The van der Waals surface area contributed by atoms with Crippen molar-refractivity contribution in [2.45, 2.75) is 49.3 Å². The van der Waals surface area contributed by atoms with Crippen molar-refractivity contribution in [1.29, 1.82) is 0 Å². The van der Waals surface area contributed by atoms with Gasteiger partial charge in [0.25, 0.3) is 0 Å². The lowest BCUT2D eigenvalue weighted by molar-refractivity contribution is 0.0692. The van der Waals surface area contributed by atoms with Crippen LogP contribution in [0.25, 0.3) is 0 Å². The summed E-state index contributed by atoms with van der Waals surface area (Å²) in [6.45, 7) is 2.25. The first-order valence-corrected chi connectivity index (χ1v) is 7.43. The van der Waals surface area contributed by atoms with Crippen molar-refractivity contribution in [1.82, 2.24) is 4.98 Å². The molecule has 0 amide bonds. The van der Waals surface area contributed by atoms with E-state index in [4.69, 9.17) is 5.11 Å². The molecule has 0 spiro atoms. The van der Waals surface area contributed by atoms with E-state index in [1.165, 1.54) is 32.1 Å². The fraction of sp³-hybridized carbons (Fsp3) is 0.571. The third kappa shape index (κ3) is 3.25. The molecule has 4 heteroatoms. The van der Waals surface area contributed by atoms with Crippen LogP contribution in [0.5, 0.6) is 0 Å². The highest BCUT2D eigenvalue weighted by Gasteiger charge is 2.23. The van der Waals surface area contributed by atoms with Crippen LogP contribution in [0.1, 0.15) is 49.4 Å². The monoisotopic (exact) mass is 265 g/mol. The van der Waals surface area contributed by atoms with E-state index in [1.807, 2.05) is 0 Å². The van der Waals surface area contributed by atoms with Gasteiger partial charge in [-0.25, -0.2) is 9.78 Å². The number of thioether (sulfide) groups is 1. The molecule has 3 nitrogen and oxygen atoms in total. The van der Waals surface area contributed by atoms with Crippen molar-refractivity contribution >= 4 is 17.7 Å². The number of hydrogen-bond acceptors (Lipinski definition) is 3. The highest BCUT2D eigenvalue weighted by molar-refractivity contribution is 7.99. The highest BCUT2D eigenvalue weighted by Crippen LogP contribution is 2.37. The number of pyridine rings is 1. The molecule has 1 aliphatic carbocycles. The van der Waals surface area contributed by atoms with Gasteiger partial charge in [-0.1, -0.05) is 13.3 Å². The number of carboxylic acid groups (broad SMARTS) is 1. The van der Waals surface area contributed by atoms with Gasteiger partial charge >= 0.3 is 5.97 Å². The summed E-state index contributed by atoms with van der Waals surface area (Å²) < 4.78 is 0. The van der Waals surface area contributed by atoms with Crippen molar-refractivity contribution in [3.63, 3.8) is 0 Å². The third-order valence-corrected chi connectivity index (χ3v) is 5.00. The minimum atomic E-state index is -0.882. The average Bonchev–Trinajstić information content (AvgIpc) is 2.40. The van der Waals surface area contributed by atoms with E-state index in [9.17, 15) is 4.79 Å². The van der Waals surface area contributed by atoms with Gasteiger partial charge in [-0.2, -0.15) is 0 Å². The number of aromatic nitrogens is 1. The zero-order chi connectivity index (χ0) is 13.0. The molecular formula is C14H19NO2S. The molecule has 18 heavy (non-hydrogen) atoms. The molecule has 0 bridgehead atoms. The standard InChI is InChI=1S/C14H19NO2S/c1-2-10-5-7-11(8-6-10)18-13-12(14(16)17)4-3-9-15-13/h3-4,9-11H,2,5-8H2,1H3,(H,16,17). The van der Waals surface area contributed by atoms with E-state index in [-0.39, 0.29) is 0 Å². The molecule has 1 aromatic heterocycles. The Morgan fingerprint density at radius 1 is 1.44 bits per heavy atom. The summed E-state index contributed by atoms with van der Waals surface area (Å²) in [5.74, 6) is -0.0163. The summed E-state index contributed by atoms with van der Waals surface area (Å²) in [6.07, 6.45) is 7.83. The molecule has 0 saturated heterocycles. The Morgan fingerprint density at radius 3 is 2.78 bits per heavy atom. The predicted octanol–water partition coefficient (Wildman–Crippen LogP) is 3.84. The molecule has 0 aliphatic heterocycles. The molecule has 1 saturated carbocycles. The largest absolute Gasteiger partial charge is 0.478 e.